The summed E-state index contributed by atoms with van der Waals surface area (Å²) >= 11 is 26.7. The van der Waals surface area contributed by atoms with Gasteiger partial charge in [-0.1, -0.05) is 52.5 Å². The van der Waals surface area contributed by atoms with Gasteiger partial charge in [0.25, 0.3) is 5.91 Å². The van der Waals surface area contributed by atoms with E-state index < -0.39 is 43.1 Å². The smallest absolute Gasteiger partial charge is 0.336 e. The summed E-state index contributed by atoms with van der Waals surface area (Å²) in [6.45, 7) is 1.46. The van der Waals surface area contributed by atoms with Crippen LogP contribution in [0.1, 0.15) is 47.2 Å². The number of carbonyl (C=O) groups is 2. The first-order chi connectivity index (χ1) is 17.4. The van der Waals surface area contributed by atoms with Crippen LogP contribution in [0.3, 0.4) is 0 Å². The molecule has 2 N–H and O–H groups in total. The number of benzene rings is 2. The van der Waals surface area contributed by atoms with Crippen LogP contribution in [0.2, 0.25) is 20.1 Å². The van der Waals surface area contributed by atoms with Crippen LogP contribution in [0.5, 0.6) is 0 Å². The Bertz CT molecular complexity index is 1220. The van der Waals surface area contributed by atoms with Crippen LogP contribution in [0.25, 0.3) is 5.83 Å². The highest BCUT2D eigenvalue weighted by molar-refractivity contribution is 14.2. The first kappa shape index (κ1) is 33.6. The topological polar surface area (TPSA) is 58.2 Å². The zero-order valence-electron chi connectivity index (χ0n) is 19.0. The van der Waals surface area contributed by atoms with E-state index in [9.17, 15) is 31.5 Å². The lowest BCUT2D eigenvalue weighted by Crippen LogP contribution is -2.46. The van der Waals surface area contributed by atoms with Gasteiger partial charge in [-0.15, -0.1) is 0 Å². The molecule has 0 saturated heterocycles. The second-order valence-electron chi connectivity index (χ2n) is 7.90. The van der Waals surface area contributed by atoms with E-state index in [1.54, 1.807) is 45.2 Å². The van der Waals surface area contributed by atoms with Gasteiger partial charge in [0.15, 0.2) is 0 Å². The van der Waals surface area contributed by atoms with Gasteiger partial charge < -0.3 is 10.6 Å². The number of allylic oxidation sites excluding steroid dienone is 1. The number of hydrogen-bond acceptors (Lipinski definition) is 2. The molecule has 0 radical (unpaired) electrons. The number of alkyl halides is 6. The van der Waals surface area contributed by atoms with Crippen LogP contribution in [0.15, 0.2) is 36.4 Å². The second kappa shape index (κ2) is 13.8. The quantitative estimate of drug-likeness (QED) is 0.0870. The minimum absolute atomic E-state index is 0.0414. The summed E-state index contributed by atoms with van der Waals surface area (Å²) in [6.07, 6.45) is -5.58. The highest BCUT2D eigenvalue weighted by atomic mass is 127. The predicted octanol–water partition coefficient (Wildman–Crippen LogP) is 9.42. The lowest BCUT2D eigenvalue weighted by molar-refractivity contribution is -0.139. The highest BCUT2D eigenvalue weighted by Gasteiger charge is 2.40. The summed E-state index contributed by atoms with van der Waals surface area (Å²) in [5.41, 5.74) is -0.866. The number of halogens is 11. The molecule has 208 valence electrons. The van der Waals surface area contributed by atoms with Crippen molar-refractivity contribution in [3.05, 3.63) is 73.2 Å². The number of hydrogen-bond donors (Lipinski definition) is 2. The molecule has 0 spiro atoms. The molecule has 0 aromatic heterocycles. The van der Waals surface area contributed by atoms with Crippen LogP contribution in [0, 0.1) is 0 Å². The van der Waals surface area contributed by atoms with Crippen LogP contribution in [-0.4, -0.2) is 25.8 Å². The third-order valence-electron chi connectivity index (χ3n) is 4.88. The number of amides is 2. The Labute approximate surface area is 262 Å². The van der Waals surface area contributed by atoms with Gasteiger partial charge >= 0.3 is 6.18 Å². The molecule has 0 aliphatic carbocycles. The van der Waals surface area contributed by atoms with Gasteiger partial charge in [0.05, 0.1) is 31.8 Å². The molecule has 1 unspecified atom stereocenters. The maximum atomic E-state index is 14.9. The molecule has 2 rings (SSSR count). The fourth-order valence-corrected chi connectivity index (χ4v) is 4.52. The van der Waals surface area contributed by atoms with Gasteiger partial charge in [-0.05, 0) is 88.0 Å². The van der Waals surface area contributed by atoms with Crippen LogP contribution in [0.4, 0.5) is 22.0 Å². The maximum absolute atomic E-state index is 14.9. The Balaban J connectivity index is 2.21. The summed E-state index contributed by atoms with van der Waals surface area (Å²) in [4.78, 5) is 24.4. The van der Waals surface area contributed by atoms with Crippen LogP contribution < -0.4 is 10.6 Å². The second-order valence-corrected chi connectivity index (χ2v) is 15.0. The van der Waals surface area contributed by atoms with Gasteiger partial charge in [0.2, 0.25) is 7.59 Å². The van der Waals surface area contributed by atoms with Gasteiger partial charge in [-0.25, -0.2) is 8.78 Å². The van der Waals surface area contributed by atoms with Crippen molar-refractivity contribution in [1.29, 1.82) is 0 Å². The van der Waals surface area contributed by atoms with E-state index in [1.165, 1.54) is 6.92 Å². The molecular weight excluding hydrogens is 827 g/mol. The van der Waals surface area contributed by atoms with E-state index in [2.05, 4.69) is 10.6 Å². The monoisotopic (exact) mass is 842 g/mol. The van der Waals surface area contributed by atoms with E-state index >= 15 is 0 Å². The molecule has 15 heteroatoms. The minimum Gasteiger partial charge on any atom is -0.336 e. The maximum Gasteiger partial charge on any atom is 0.399 e. The van der Waals surface area contributed by atoms with Crippen molar-refractivity contribution in [2.24, 2.45) is 0 Å². The van der Waals surface area contributed by atoms with Crippen molar-refractivity contribution in [1.82, 2.24) is 10.6 Å². The zero-order chi connectivity index (χ0) is 29.0. The summed E-state index contributed by atoms with van der Waals surface area (Å²) in [6, 6.07) is 5.07. The molecule has 4 nitrogen and oxygen atoms in total. The van der Waals surface area contributed by atoms with Crippen molar-refractivity contribution in [2.75, 3.05) is 0 Å². The molecule has 2 aromatic carbocycles. The molecule has 0 aliphatic rings. The van der Waals surface area contributed by atoms with E-state index in [-0.39, 0.29) is 44.1 Å². The largest absolute Gasteiger partial charge is 0.399 e. The van der Waals surface area contributed by atoms with E-state index in [0.29, 0.717) is 6.08 Å². The SMILES string of the molecule is C[C@H](NC(=O)CCC(F)(I)I)NC(=O)c1ccc(/C(F)=C/C(c2cc(Cl)c(Cl)c(Cl)c2)C(F)(F)F)cc1Cl. The molecule has 38 heavy (non-hydrogen) atoms. The predicted molar refractivity (Wildman–Crippen MR) is 157 cm³/mol. The molecule has 2 amide bonds. The van der Waals surface area contributed by atoms with Gasteiger partial charge in [0.1, 0.15) is 11.7 Å². The van der Waals surface area contributed by atoms with E-state index in [4.69, 9.17) is 46.4 Å². The zero-order valence-corrected chi connectivity index (χ0v) is 26.3. The highest BCUT2D eigenvalue weighted by Crippen LogP contribution is 2.42. The Morgan fingerprint density at radius 3 is 2.05 bits per heavy atom. The first-order valence-electron chi connectivity index (χ1n) is 10.4. The number of rotatable bonds is 9. The molecule has 0 aliphatic heterocycles. The van der Waals surface area contributed by atoms with Crippen molar-refractivity contribution in [2.45, 2.75) is 39.7 Å². The average Bonchev–Trinajstić information content (AvgIpc) is 2.77. The average molecular weight is 844 g/mol. The Morgan fingerprint density at radius 2 is 1.55 bits per heavy atom. The number of carbonyl (C=O) groups excluding carboxylic acids is 2. The molecule has 2 aromatic rings. The minimum atomic E-state index is -4.90. The summed E-state index contributed by atoms with van der Waals surface area (Å²) in [5, 5.41) is 4.08. The molecule has 0 fully saturated rings. The third kappa shape index (κ3) is 10.1. The molecule has 0 saturated carbocycles. The normalized spacial score (nSPS) is 14.2. The van der Waals surface area contributed by atoms with Crippen molar-refractivity contribution in [3.8, 4) is 0 Å². The first-order valence-corrected chi connectivity index (χ1v) is 14.1. The molecule has 0 heterocycles. The van der Waals surface area contributed by atoms with Gasteiger partial charge in [0, 0.05) is 18.4 Å². The van der Waals surface area contributed by atoms with Crippen molar-refractivity contribution < 1.29 is 31.5 Å². The van der Waals surface area contributed by atoms with Crippen molar-refractivity contribution >= 4 is 109 Å². The lowest BCUT2D eigenvalue weighted by Gasteiger charge is -2.19. The van der Waals surface area contributed by atoms with Crippen molar-refractivity contribution in [3.63, 3.8) is 0 Å². The summed E-state index contributed by atoms with van der Waals surface area (Å²) in [5.74, 6) is -4.91. The summed E-state index contributed by atoms with van der Waals surface area (Å²) < 4.78 is 68.1. The van der Waals surface area contributed by atoms with Crippen LogP contribution >= 0.6 is 91.6 Å². The Morgan fingerprint density at radius 1 is 0.974 bits per heavy atom. The van der Waals surface area contributed by atoms with Gasteiger partial charge in [-0.2, -0.15) is 13.2 Å². The third-order valence-corrected chi connectivity index (χ3v) is 7.47. The van der Waals surface area contributed by atoms with Crippen LogP contribution in [-0.2, 0) is 4.79 Å². The summed E-state index contributed by atoms with van der Waals surface area (Å²) in [7, 11) is 0. The lowest BCUT2D eigenvalue weighted by atomic mass is 9.96. The Kier molecular flexibility index (Phi) is 12.2. The fourth-order valence-electron chi connectivity index (χ4n) is 3.10. The molecular formula is C23H17Cl4F5I2N2O2. The van der Waals surface area contributed by atoms with Gasteiger partial charge in [-0.3, -0.25) is 9.59 Å². The Hall–Kier alpha value is -0.610. The molecule has 2 atom stereocenters. The van der Waals surface area contributed by atoms with E-state index in [1.807, 2.05) is 0 Å². The standard InChI is InChI=1S/C23H17Cl4F5I2N2O2/c1-10(35-19(37)4-5-22(29,33)34)36-21(38)13-3-2-11(6-15(13)24)18(28)9-14(23(30,31)32)12-7-16(25)20(27)17(26)8-12/h2-3,6-10,14H,4-5H2,1H3,(H,35,37)(H,36,38)/b18-9-/t10-,14?/m1/s1. The number of nitrogens with one attached hydrogen (secondary N) is 2. The molecule has 0 bridgehead atoms. The fraction of sp³-hybridized carbons (Fsp3) is 0.304. The van der Waals surface area contributed by atoms with E-state index in [0.717, 1.165) is 30.3 Å².